The molecule has 2 fully saturated rings. The summed E-state index contributed by atoms with van der Waals surface area (Å²) in [6.07, 6.45) is 7.44. The minimum Gasteiger partial charge on any atom is -0.322 e. The van der Waals surface area contributed by atoms with Crippen molar-refractivity contribution in [3.05, 3.63) is 77.3 Å². The number of fused-ring (bicyclic) bond motifs is 1. The molecule has 0 unspecified atom stereocenters. The number of nitriles is 1. The summed E-state index contributed by atoms with van der Waals surface area (Å²) >= 11 is 0. The van der Waals surface area contributed by atoms with Crippen molar-refractivity contribution < 1.29 is 9.18 Å². The molecule has 0 bridgehead atoms. The number of anilines is 1. The van der Waals surface area contributed by atoms with Crippen LogP contribution in [0.4, 0.5) is 10.1 Å². The molecule has 1 amide bonds. The monoisotopic (exact) mass is 583 g/mol. The van der Waals surface area contributed by atoms with E-state index >= 15 is 0 Å². The Morgan fingerprint density at radius 1 is 1.28 bits per heavy atom. The number of aryl methyl sites for hydroxylation is 2. The van der Waals surface area contributed by atoms with E-state index in [1.807, 2.05) is 60.3 Å². The van der Waals surface area contributed by atoms with Gasteiger partial charge in [0.25, 0.3) is 5.91 Å². The second-order valence-electron chi connectivity index (χ2n) is 12.3. The number of imidazole rings is 1. The zero-order chi connectivity index (χ0) is 30.1. The molecule has 11 heteroatoms. The average molecular weight is 584 g/mol. The highest BCUT2D eigenvalue weighted by molar-refractivity contribution is 6.08. The highest BCUT2D eigenvalue weighted by Crippen LogP contribution is 2.53. The van der Waals surface area contributed by atoms with E-state index in [1.54, 1.807) is 12.5 Å². The normalized spacial score (nSPS) is 24.0. The fraction of sp³-hybridized carbons (Fsp3) is 0.469. The summed E-state index contributed by atoms with van der Waals surface area (Å²) in [6, 6.07) is 12.1. The van der Waals surface area contributed by atoms with Crippen molar-refractivity contribution in [3.8, 4) is 6.07 Å². The van der Waals surface area contributed by atoms with Crippen molar-refractivity contribution >= 4 is 17.2 Å². The average Bonchev–Trinajstić information content (AvgIpc) is 3.57. The third-order valence-electron chi connectivity index (χ3n) is 9.11. The molecule has 10 nitrogen and oxygen atoms in total. The molecule has 1 aliphatic heterocycles. The van der Waals surface area contributed by atoms with E-state index in [0.29, 0.717) is 48.9 Å². The molecule has 224 valence electrons. The van der Waals surface area contributed by atoms with Crippen LogP contribution in [0.2, 0.25) is 0 Å². The van der Waals surface area contributed by atoms with Crippen LogP contribution in [0.15, 0.2) is 49.1 Å². The number of nitrogens with zero attached hydrogens (tertiary/aromatic N) is 7. The first-order chi connectivity index (χ1) is 20.8. The Morgan fingerprint density at radius 3 is 2.86 bits per heavy atom. The summed E-state index contributed by atoms with van der Waals surface area (Å²) in [5, 5.41) is 24.4. The number of hydrogen-bond donors (Lipinski definition) is 2. The maximum absolute atomic E-state index is 13.9. The van der Waals surface area contributed by atoms with E-state index in [4.69, 9.17) is 0 Å². The molecule has 0 radical (unpaired) electrons. The van der Waals surface area contributed by atoms with Crippen LogP contribution >= 0.6 is 0 Å². The van der Waals surface area contributed by atoms with Gasteiger partial charge in [0, 0.05) is 69.5 Å². The topological polar surface area (TPSA) is 116 Å². The lowest BCUT2D eigenvalue weighted by Gasteiger charge is -2.46. The predicted molar refractivity (Wildman–Crippen MR) is 161 cm³/mol. The lowest BCUT2D eigenvalue weighted by molar-refractivity contribution is 0.0913. The molecule has 2 aliphatic rings. The number of nitrogens with one attached hydrogen (secondary N) is 2. The fourth-order valence-electron chi connectivity index (χ4n) is 6.79. The summed E-state index contributed by atoms with van der Waals surface area (Å²) in [7, 11) is 1.94. The van der Waals surface area contributed by atoms with E-state index in [9.17, 15) is 14.4 Å². The standard InChI is InChI=1S/C32H38FN9O/c1-21-17-41(10-8-28(21)33)19-35-16-24-11-27(29-36-15-22(2)42(29)18-24)30(43)38-26-6-4-5-25(12-26)32(13-23(14-32)7-9-34)31-39-37-20-40(31)3/h4-6,11-12,15,18,20-21,23,28,35H,7-8,10,13-14,16-17,19H2,1-3H3,(H,38,43)/t21-,23?,28+,32?/m1/s1. The number of rotatable bonds is 9. The van der Waals surface area contributed by atoms with Gasteiger partial charge in [-0.05, 0) is 61.4 Å². The largest absolute Gasteiger partial charge is 0.322 e. The number of likely N-dealkylation sites (tertiary alicyclic amines) is 1. The third-order valence-corrected chi connectivity index (χ3v) is 9.11. The Kier molecular flexibility index (Phi) is 7.99. The number of piperidine rings is 1. The number of alkyl halides is 1. The van der Waals surface area contributed by atoms with Crippen LogP contribution in [0.3, 0.4) is 0 Å². The molecule has 2 atom stereocenters. The number of carbonyl (C=O) groups excluding carboxylic acids is 1. The van der Waals surface area contributed by atoms with Gasteiger partial charge in [-0.15, -0.1) is 10.2 Å². The summed E-state index contributed by atoms with van der Waals surface area (Å²) in [5.41, 5.74) is 4.36. The molecule has 43 heavy (non-hydrogen) atoms. The zero-order valence-electron chi connectivity index (χ0n) is 24.9. The van der Waals surface area contributed by atoms with Crippen LogP contribution in [0.1, 0.15) is 65.6 Å². The Balaban J connectivity index is 1.21. The van der Waals surface area contributed by atoms with Crippen LogP contribution in [-0.4, -0.2) is 60.9 Å². The fourth-order valence-corrected chi connectivity index (χ4v) is 6.79. The molecular formula is C32H38FN9O. The number of benzene rings is 1. The van der Waals surface area contributed by atoms with Crippen molar-refractivity contribution in [3.63, 3.8) is 0 Å². The van der Waals surface area contributed by atoms with Crippen molar-refractivity contribution in [1.29, 1.82) is 5.26 Å². The molecule has 4 heterocycles. The minimum atomic E-state index is -0.726. The van der Waals surface area contributed by atoms with Gasteiger partial charge >= 0.3 is 0 Å². The van der Waals surface area contributed by atoms with Crippen molar-refractivity contribution in [2.45, 2.75) is 57.7 Å². The van der Waals surface area contributed by atoms with Gasteiger partial charge in [0.1, 0.15) is 24.0 Å². The lowest BCUT2D eigenvalue weighted by Crippen LogP contribution is -2.44. The van der Waals surface area contributed by atoms with E-state index in [-0.39, 0.29) is 17.2 Å². The van der Waals surface area contributed by atoms with Crippen molar-refractivity contribution in [2.75, 3.05) is 25.1 Å². The smallest absolute Gasteiger partial charge is 0.259 e. The molecule has 1 saturated heterocycles. The molecule has 1 aliphatic carbocycles. The van der Waals surface area contributed by atoms with Gasteiger partial charge in [0.2, 0.25) is 0 Å². The van der Waals surface area contributed by atoms with Crippen LogP contribution < -0.4 is 10.6 Å². The Morgan fingerprint density at radius 2 is 2.12 bits per heavy atom. The zero-order valence-corrected chi connectivity index (χ0v) is 24.9. The number of amides is 1. The Bertz CT molecular complexity index is 1660. The molecule has 0 spiro atoms. The highest BCUT2D eigenvalue weighted by atomic mass is 19.1. The Hall–Kier alpha value is -4.14. The van der Waals surface area contributed by atoms with Gasteiger partial charge in [0.15, 0.2) is 0 Å². The summed E-state index contributed by atoms with van der Waals surface area (Å²) in [4.78, 5) is 20.5. The first-order valence-corrected chi connectivity index (χ1v) is 14.9. The number of halogens is 1. The van der Waals surface area contributed by atoms with Gasteiger partial charge in [-0.2, -0.15) is 5.26 Å². The summed E-state index contributed by atoms with van der Waals surface area (Å²) in [5.74, 6) is 0.959. The Labute approximate surface area is 250 Å². The molecule has 2 N–H and O–H groups in total. The van der Waals surface area contributed by atoms with E-state index in [2.05, 4.69) is 42.9 Å². The van der Waals surface area contributed by atoms with Crippen LogP contribution in [0.5, 0.6) is 0 Å². The van der Waals surface area contributed by atoms with Crippen LogP contribution in [-0.2, 0) is 19.0 Å². The number of aromatic nitrogens is 5. The van der Waals surface area contributed by atoms with Gasteiger partial charge in [-0.25, -0.2) is 9.37 Å². The highest BCUT2D eigenvalue weighted by Gasteiger charge is 2.49. The molecule has 3 aromatic heterocycles. The number of hydrogen-bond acceptors (Lipinski definition) is 7. The SMILES string of the molecule is Cc1cnc2c(C(=O)Nc3cccc(C4(c5nncn5C)CC(CC#N)C4)c3)cc(CNCN3CC[C@H](F)[C@H](C)C3)cn12. The minimum absolute atomic E-state index is 0.0350. The molecular weight excluding hydrogens is 545 g/mol. The summed E-state index contributed by atoms with van der Waals surface area (Å²) < 4.78 is 17.8. The number of pyridine rings is 1. The molecule has 1 aromatic carbocycles. The van der Waals surface area contributed by atoms with Gasteiger partial charge in [-0.1, -0.05) is 19.1 Å². The van der Waals surface area contributed by atoms with Crippen molar-refractivity contribution in [1.82, 2.24) is 34.4 Å². The van der Waals surface area contributed by atoms with Gasteiger partial charge < -0.3 is 19.6 Å². The van der Waals surface area contributed by atoms with E-state index in [0.717, 1.165) is 48.6 Å². The number of carbonyl (C=O) groups is 1. The second-order valence-corrected chi connectivity index (χ2v) is 12.3. The van der Waals surface area contributed by atoms with E-state index < -0.39 is 6.17 Å². The van der Waals surface area contributed by atoms with Crippen LogP contribution in [0, 0.1) is 30.1 Å². The second kappa shape index (κ2) is 11.9. The first-order valence-electron chi connectivity index (χ1n) is 14.9. The molecule has 6 rings (SSSR count). The quantitative estimate of drug-likeness (QED) is 0.301. The van der Waals surface area contributed by atoms with Gasteiger partial charge in [-0.3, -0.25) is 9.69 Å². The van der Waals surface area contributed by atoms with Gasteiger partial charge in [0.05, 0.1) is 17.0 Å². The maximum atomic E-state index is 13.9. The maximum Gasteiger partial charge on any atom is 0.259 e. The third kappa shape index (κ3) is 5.65. The molecule has 4 aromatic rings. The predicted octanol–water partition coefficient (Wildman–Crippen LogP) is 4.36. The molecule has 1 saturated carbocycles. The first kappa shape index (κ1) is 29.0. The van der Waals surface area contributed by atoms with E-state index in [1.165, 1.54) is 0 Å². The van der Waals surface area contributed by atoms with Crippen LogP contribution in [0.25, 0.3) is 5.65 Å². The summed E-state index contributed by atoms with van der Waals surface area (Å²) in [6.45, 7) is 6.63. The van der Waals surface area contributed by atoms with Crippen molar-refractivity contribution in [2.24, 2.45) is 18.9 Å². The lowest BCUT2D eigenvalue weighted by atomic mass is 9.57.